The molecule has 192 valence electrons. The molecule has 0 atom stereocenters. The third-order valence-electron chi connectivity index (χ3n) is 7.64. The number of rotatable bonds is 4. The standard InChI is InChI=1S/C37H24N4/c1-3-11-25(12-4-1)27-19-20-29-24-30(22-21-28(29)23-27)36-38-35(26-13-5-2-6-14-26)39-37(40-36)41-33-17-9-7-15-31(33)32-16-8-10-18-34(32)41/h1-24H. The summed E-state index contributed by atoms with van der Waals surface area (Å²) in [5.41, 5.74) is 6.44. The van der Waals surface area contributed by atoms with Crippen LogP contribution in [-0.2, 0) is 0 Å². The summed E-state index contributed by atoms with van der Waals surface area (Å²) in [7, 11) is 0. The second-order valence-corrected chi connectivity index (χ2v) is 10.2. The zero-order valence-electron chi connectivity index (χ0n) is 22.1. The highest BCUT2D eigenvalue weighted by atomic mass is 15.2. The largest absolute Gasteiger partial charge is 0.278 e. The summed E-state index contributed by atoms with van der Waals surface area (Å²) in [5, 5.41) is 4.66. The Morgan fingerprint density at radius 2 is 0.854 bits per heavy atom. The molecule has 2 aromatic heterocycles. The van der Waals surface area contributed by atoms with E-state index in [1.165, 1.54) is 27.3 Å². The van der Waals surface area contributed by atoms with E-state index in [9.17, 15) is 0 Å². The van der Waals surface area contributed by atoms with Gasteiger partial charge in [0.05, 0.1) is 11.0 Å². The van der Waals surface area contributed by atoms with Crippen LogP contribution in [0.15, 0.2) is 146 Å². The predicted octanol–water partition coefficient (Wildman–Crippen LogP) is 9.12. The summed E-state index contributed by atoms with van der Waals surface area (Å²) in [4.78, 5) is 15.1. The molecule has 0 aliphatic carbocycles. The topological polar surface area (TPSA) is 43.6 Å². The van der Waals surface area contributed by atoms with Crippen LogP contribution in [0.5, 0.6) is 0 Å². The van der Waals surface area contributed by atoms with Gasteiger partial charge in [-0.05, 0) is 46.2 Å². The first-order chi connectivity index (χ1) is 20.3. The minimum absolute atomic E-state index is 0.603. The van der Waals surface area contributed by atoms with E-state index in [4.69, 9.17) is 15.0 Å². The van der Waals surface area contributed by atoms with Gasteiger partial charge in [0.25, 0.3) is 0 Å². The van der Waals surface area contributed by atoms with Crippen molar-refractivity contribution >= 4 is 32.6 Å². The van der Waals surface area contributed by atoms with E-state index < -0.39 is 0 Å². The molecule has 0 saturated heterocycles. The number of aromatic nitrogens is 4. The van der Waals surface area contributed by atoms with Crippen LogP contribution < -0.4 is 0 Å². The molecular formula is C37H24N4. The van der Waals surface area contributed by atoms with Crippen molar-refractivity contribution in [1.82, 2.24) is 19.5 Å². The molecule has 0 unspecified atom stereocenters. The van der Waals surface area contributed by atoms with Gasteiger partial charge in [-0.1, -0.05) is 121 Å². The average Bonchev–Trinajstić information content (AvgIpc) is 3.39. The summed E-state index contributed by atoms with van der Waals surface area (Å²) in [6.07, 6.45) is 0. The van der Waals surface area contributed by atoms with Crippen LogP contribution in [0.4, 0.5) is 0 Å². The lowest BCUT2D eigenvalue weighted by molar-refractivity contribution is 0.953. The van der Waals surface area contributed by atoms with Gasteiger partial charge in [-0.2, -0.15) is 9.97 Å². The molecule has 0 fully saturated rings. The minimum atomic E-state index is 0.603. The molecule has 0 spiro atoms. The number of fused-ring (bicyclic) bond motifs is 4. The van der Waals surface area contributed by atoms with Crippen molar-refractivity contribution in [2.45, 2.75) is 0 Å². The number of benzene rings is 6. The molecular weight excluding hydrogens is 500 g/mol. The molecule has 2 heterocycles. The van der Waals surface area contributed by atoms with Crippen molar-refractivity contribution < 1.29 is 0 Å². The maximum atomic E-state index is 5.08. The fourth-order valence-corrected chi connectivity index (χ4v) is 5.64. The van der Waals surface area contributed by atoms with Gasteiger partial charge >= 0.3 is 0 Å². The fourth-order valence-electron chi connectivity index (χ4n) is 5.64. The lowest BCUT2D eigenvalue weighted by Crippen LogP contribution is -2.06. The van der Waals surface area contributed by atoms with Crippen molar-refractivity contribution in [1.29, 1.82) is 0 Å². The van der Waals surface area contributed by atoms with Crippen molar-refractivity contribution in [3.63, 3.8) is 0 Å². The molecule has 4 heteroatoms. The molecule has 8 aromatic rings. The highest BCUT2D eigenvalue weighted by molar-refractivity contribution is 6.09. The molecule has 8 rings (SSSR count). The molecule has 0 N–H and O–H groups in total. The van der Waals surface area contributed by atoms with Crippen molar-refractivity contribution in [2.75, 3.05) is 0 Å². The monoisotopic (exact) mass is 524 g/mol. The van der Waals surface area contributed by atoms with E-state index in [0.717, 1.165) is 27.5 Å². The highest BCUT2D eigenvalue weighted by Gasteiger charge is 2.17. The van der Waals surface area contributed by atoms with Gasteiger partial charge in [0.1, 0.15) is 0 Å². The molecule has 4 nitrogen and oxygen atoms in total. The second-order valence-electron chi connectivity index (χ2n) is 10.2. The Morgan fingerprint density at radius 3 is 1.49 bits per heavy atom. The molecule has 0 aliphatic heterocycles. The smallest absolute Gasteiger partial charge is 0.238 e. The Labute approximate surface area is 237 Å². The Balaban J connectivity index is 1.33. The first-order valence-electron chi connectivity index (χ1n) is 13.7. The lowest BCUT2D eigenvalue weighted by Gasteiger charge is -2.11. The van der Waals surface area contributed by atoms with Gasteiger partial charge in [-0.25, -0.2) is 4.98 Å². The van der Waals surface area contributed by atoms with E-state index in [0.29, 0.717) is 17.6 Å². The van der Waals surface area contributed by atoms with Crippen molar-refractivity contribution in [2.24, 2.45) is 0 Å². The van der Waals surface area contributed by atoms with Crippen molar-refractivity contribution in [3.05, 3.63) is 146 Å². The molecule has 0 amide bonds. The van der Waals surface area contributed by atoms with E-state index in [1.54, 1.807) is 0 Å². The van der Waals surface area contributed by atoms with Crippen LogP contribution in [0.3, 0.4) is 0 Å². The first kappa shape index (κ1) is 23.3. The van der Waals surface area contributed by atoms with Crippen LogP contribution in [-0.4, -0.2) is 19.5 Å². The predicted molar refractivity (Wildman–Crippen MR) is 168 cm³/mol. The summed E-state index contributed by atoms with van der Waals surface area (Å²) < 4.78 is 2.15. The third kappa shape index (κ3) is 4.05. The maximum absolute atomic E-state index is 5.08. The van der Waals surface area contributed by atoms with Crippen LogP contribution >= 0.6 is 0 Å². The van der Waals surface area contributed by atoms with E-state index in [-0.39, 0.29) is 0 Å². The van der Waals surface area contributed by atoms with Crippen molar-refractivity contribution in [3.8, 4) is 39.9 Å². The number of para-hydroxylation sites is 2. The molecule has 41 heavy (non-hydrogen) atoms. The normalized spacial score (nSPS) is 11.4. The Morgan fingerprint density at radius 1 is 0.366 bits per heavy atom. The van der Waals surface area contributed by atoms with E-state index in [2.05, 4.69) is 114 Å². The molecule has 0 bridgehead atoms. The van der Waals surface area contributed by atoms with Gasteiger partial charge in [-0.15, -0.1) is 0 Å². The van der Waals surface area contributed by atoms with Gasteiger partial charge in [0.2, 0.25) is 5.95 Å². The zero-order chi connectivity index (χ0) is 27.2. The van der Waals surface area contributed by atoms with Crippen LogP contribution in [0, 0.1) is 0 Å². The Bertz CT molecular complexity index is 2150. The quantitative estimate of drug-likeness (QED) is 0.231. The summed E-state index contributed by atoms with van der Waals surface area (Å²) >= 11 is 0. The number of nitrogens with zero attached hydrogens (tertiary/aromatic N) is 4. The van der Waals surface area contributed by atoms with Gasteiger partial charge in [0, 0.05) is 21.9 Å². The fraction of sp³-hybridized carbons (Fsp3) is 0. The zero-order valence-corrected chi connectivity index (χ0v) is 22.1. The average molecular weight is 525 g/mol. The molecule has 0 radical (unpaired) electrons. The van der Waals surface area contributed by atoms with Gasteiger partial charge in [0.15, 0.2) is 11.6 Å². The number of hydrogen-bond acceptors (Lipinski definition) is 3. The molecule has 6 aromatic carbocycles. The summed E-state index contributed by atoms with van der Waals surface area (Å²) in [5.74, 6) is 1.89. The minimum Gasteiger partial charge on any atom is -0.278 e. The van der Waals surface area contributed by atoms with Gasteiger partial charge < -0.3 is 0 Å². The summed E-state index contributed by atoms with van der Waals surface area (Å²) in [6, 6.07) is 50.4. The third-order valence-corrected chi connectivity index (χ3v) is 7.64. The number of hydrogen-bond donors (Lipinski definition) is 0. The molecule has 0 aliphatic rings. The highest BCUT2D eigenvalue weighted by Crippen LogP contribution is 2.33. The van der Waals surface area contributed by atoms with E-state index >= 15 is 0 Å². The second kappa shape index (κ2) is 9.54. The van der Waals surface area contributed by atoms with E-state index in [1.807, 2.05) is 36.4 Å². The van der Waals surface area contributed by atoms with Crippen LogP contribution in [0.2, 0.25) is 0 Å². The molecule has 0 saturated carbocycles. The Hall–Kier alpha value is -5.61. The summed E-state index contributed by atoms with van der Waals surface area (Å²) in [6.45, 7) is 0. The SMILES string of the molecule is c1ccc(-c2ccc3cc(-c4nc(-c5ccccc5)nc(-n5c6ccccc6c6ccccc65)n4)ccc3c2)cc1. The van der Waals surface area contributed by atoms with Crippen LogP contribution in [0.1, 0.15) is 0 Å². The Kier molecular flexibility index (Phi) is 5.42. The maximum Gasteiger partial charge on any atom is 0.238 e. The first-order valence-corrected chi connectivity index (χ1v) is 13.7. The van der Waals surface area contributed by atoms with Gasteiger partial charge in [-0.3, -0.25) is 4.57 Å². The van der Waals surface area contributed by atoms with Crippen LogP contribution in [0.25, 0.3) is 72.4 Å². The lowest BCUT2D eigenvalue weighted by atomic mass is 10.00.